The molecule has 1 aromatic heterocycles. The monoisotopic (exact) mass is 329 g/mol. The SMILES string of the molecule is Cc1ccccc1N(C)S(=O)(=O)c1ccc(CCCl)s1. The second-order valence-electron chi connectivity index (χ2n) is 4.42. The fourth-order valence-electron chi connectivity index (χ4n) is 1.91. The molecule has 0 spiro atoms. The Kier molecular flexibility index (Phi) is 4.73. The number of hydrogen-bond acceptors (Lipinski definition) is 3. The lowest BCUT2D eigenvalue weighted by molar-refractivity contribution is 0.596. The standard InChI is InChI=1S/C14H16ClNO2S2/c1-11-5-3-4-6-13(11)16(2)20(17,18)14-8-7-12(19-14)9-10-15/h3-8H,9-10H2,1-2H3. The van der Waals surface area contributed by atoms with Gasteiger partial charge in [0.25, 0.3) is 10.0 Å². The third-order valence-electron chi connectivity index (χ3n) is 3.05. The fourth-order valence-corrected chi connectivity index (χ4v) is 5.01. The van der Waals surface area contributed by atoms with E-state index in [0.29, 0.717) is 22.2 Å². The van der Waals surface area contributed by atoms with E-state index < -0.39 is 10.0 Å². The zero-order valence-corrected chi connectivity index (χ0v) is 13.7. The van der Waals surface area contributed by atoms with Crippen LogP contribution in [0.1, 0.15) is 10.4 Å². The van der Waals surface area contributed by atoms with E-state index in [1.807, 2.05) is 31.2 Å². The van der Waals surface area contributed by atoms with Crippen molar-refractivity contribution in [3.63, 3.8) is 0 Å². The third-order valence-corrected chi connectivity index (χ3v) is 6.62. The van der Waals surface area contributed by atoms with Gasteiger partial charge in [-0.1, -0.05) is 18.2 Å². The largest absolute Gasteiger partial charge is 0.273 e. The third kappa shape index (κ3) is 3.00. The van der Waals surface area contributed by atoms with E-state index in [1.54, 1.807) is 19.2 Å². The maximum atomic E-state index is 12.6. The minimum Gasteiger partial charge on any atom is -0.268 e. The Morgan fingerprint density at radius 1 is 1.20 bits per heavy atom. The van der Waals surface area contributed by atoms with Gasteiger partial charge in [-0.25, -0.2) is 8.42 Å². The van der Waals surface area contributed by atoms with E-state index >= 15 is 0 Å². The van der Waals surface area contributed by atoms with Crippen LogP contribution in [-0.2, 0) is 16.4 Å². The van der Waals surface area contributed by atoms with Crippen LogP contribution in [0, 0.1) is 6.92 Å². The van der Waals surface area contributed by atoms with Crippen LogP contribution in [-0.4, -0.2) is 21.3 Å². The summed E-state index contributed by atoms with van der Waals surface area (Å²) in [6.45, 7) is 1.90. The molecule has 0 unspecified atom stereocenters. The molecule has 2 rings (SSSR count). The van der Waals surface area contributed by atoms with Gasteiger partial charge in [-0.2, -0.15) is 0 Å². The van der Waals surface area contributed by atoms with Gasteiger partial charge in [0.05, 0.1) is 5.69 Å². The first-order valence-electron chi connectivity index (χ1n) is 6.16. The van der Waals surface area contributed by atoms with E-state index in [4.69, 9.17) is 11.6 Å². The first-order chi connectivity index (χ1) is 9.46. The average Bonchev–Trinajstić information content (AvgIpc) is 2.88. The lowest BCUT2D eigenvalue weighted by atomic mass is 10.2. The zero-order valence-electron chi connectivity index (χ0n) is 11.3. The van der Waals surface area contributed by atoms with Crippen LogP contribution in [0.2, 0.25) is 0 Å². The summed E-state index contributed by atoms with van der Waals surface area (Å²) in [7, 11) is -1.92. The molecule has 0 saturated carbocycles. The number of nitrogens with zero attached hydrogens (tertiary/aromatic N) is 1. The Bertz CT molecular complexity index is 695. The molecule has 2 aromatic rings. The Morgan fingerprint density at radius 3 is 2.55 bits per heavy atom. The first kappa shape index (κ1) is 15.4. The minimum atomic E-state index is -3.50. The average molecular weight is 330 g/mol. The van der Waals surface area contributed by atoms with Gasteiger partial charge in [-0.15, -0.1) is 22.9 Å². The van der Waals surface area contributed by atoms with Gasteiger partial charge in [0.15, 0.2) is 0 Å². The molecule has 0 aliphatic carbocycles. The molecule has 3 nitrogen and oxygen atoms in total. The van der Waals surface area contributed by atoms with Crippen molar-refractivity contribution in [1.29, 1.82) is 0 Å². The van der Waals surface area contributed by atoms with E-state index in [2.05, 4.69) is 0 Å². The van der Waals surface area contributed by atoms with Crippen LogP contribution in [0.25, 0.3) is 0 Å². The molecule has 1 heterocycles. The molecule has 0 saturated heterocycles. The molecule has 6 heteroatoms. The summed E-state index contributed by atoms with van der Waals surface area (Å²) < 4.78 is 26.9. The molecule has 108 valence electrons. The lowest BCUT2D eigenvalue weighted by Crippen LogP contribution is -2.26. The number of anilines is 1. The summed E-state index contributed by atoms with van der Waals surface area (Å²) in [5, 5.41) is 0. The molecular formula is C14H16ClNO2S2. The highest BCUT2D eigenvalue weighted by molar-refractivity contribution is 7.94. The molecule has 0 radical (unpaired) electrons. The molecule has 0 N–H and O–H groups in total. The van der Waals surface area contributed by atoms with Gasteiger partial charge in [0.2, 0.25) is 0 Å². The van der Waals surface area contributed by atoms with Crippen molar-refractivity contribution in [2.45, 2.75) is 17.6 Å². The number of para-hydroxylation sites is 1. The Hall–Kier alpha value is -1.04. The molecule has 20 heavy (non-hydrogen) atoms. The van der Waals surface area contributed by atoms with E-state index in [0.717, 1.165) is 10.4 Å². The van der Waals surface area contributed by atoms with Gasteiger partial charge < -0.3 is 0 Å². The Balaban J connectivity index is 2.36. The van der Waals surface area contributed by atoms with Crippen molar-refractivity contribution >= 4 is 38.6 Å². The van der Waals surface area contributed by atoms with Crippen LogP contribution in [0.4, 0.5) is 5.69 Å². The fraction of sp³-hybridized carbons (Fsp3) is 0.286. The van der Waals surface area contributed by atoms with Gasteiger partial charge in [0, 0.05) is 17.8 Å². The summed E-state index contributed by atoms with van der Waals surface area (Å²) in [4.78, 5) is 0.983. The highest BCUT2D eigenvalue weighted by Crippen LogP contribution is 2.29. The Labute approximate surface area is 128 Å². The van der Waals surface area contributed by atoms with Crippen LogP contribution in [0.3, 0.4) is 0 Å². The smallest absolute Gasteiger partial charge is 0.268 e. The summed E-state index contributed by atoms with van der Waals surface area (Å²) in [6, 6.07) is 10.9. The van der Waals surface area contributed by atoms with Gasteiger partial charge in [0.1, 0.15) is 4.21 Å². The van der Waals surface area contributed by atoms with E-state index in [1.165, 1.54) is 15.6 Å². The van der Waals surface area contributed by atoms with Gasteiger partial charge >= 0.3 is 0 Å². The minimum absolute atomic E-state index is 0.350. The molecule has 0 aliphatic rings. The number of alkyl halides is 1. The van der Waals surface area contributed by atoms with E-state index in [-0.39, 0.29) is 0 Å². The summed E-state index contributed by atoms with van der Waals surface area (Å²) in [5.41, 5.74) is 1.62. The van der Waals surface area contributed by atoms with Crippen molar-refractivity contribution in [2.24, 2.45) is 0 Å². The molecule has 0 amide bonds. The van der Waals surface area contributed by atoms with Crippen LogP contribution < -0.4 is 4.31 Å². The molecule has 0 fully saturated rings. The number of aryl methyl sites for hydroxylation is 2. The molecular weight excluding hydrogens is 314 g/mol. The van der Waals surface area contributed by atoms with Gasteiger partial charge in [-0.05, 0) is 37.1 Å². The first-order valence-corrected chi connectivity index (χ1v) is 8.95. The molecule has 0 atom stereocenters. The van der Waals surface area contributed by atoms with Crippen molar-refractivity contribution in [3.05, 3.63) is 46.8 Å². The van der Waals surface area contributed by atoms with Crippen LogP contribution in [0.15, 0.2) is 40.6 Å². The zero-order chi connectivity index (χ0) is 14.8. The second-order valence-corrected chi connectivity index (χ2v) is 8.16. The second kappa shape index (κ2) is 6.16. The van der Waals surface area contributed by atoms with E-state index in [9.17, 15) is 8.42 Å². The van der Waals surface area contributed by atoms with Crippen molar-refractivity contribution in [3.8, 4) is 0 Å². The van der Waals surface area contributed by atoms with Crippen LogP contribution in [0.5, 0.6) is 0 Å². The van der Waals surface area contributed by atoms with Gasteiger partial charge in [-0.3, -0.25) is 4.31 Å². The molecule has 0 bridgehead atoms. The maximum Gasteiger partial charge on any atom is 0.273 e. The van der Waals surface area contributed by atoms with Crippen molar-refractivity contribution < 1.29 is 8.42 Å². The number of rotatable bonds is 5. The van der Waals surface area contributed by atoms with Crippen molar-refractivity contribution in [1.82, 2.24) is 0 Å². The number of sulfonamides is 1. The number of thiophene rings is 1. The summed E-state index contributed by atoms with van der Waals surface area (Å²) in [5.74, 6) is 0.494. The van der Waals surface area contributed by atoms with Crippen molar-refractivity contribution in [2.75, 3.05) is 17.2 Å². The highest BCUT2D eigenvalue weighted by atomic mass is 35.5. The van der Waals surface area contributed by atoms with Crippen LogP contribution >= 0.6 is 22.9 Å². The highest BCUT2D eigenvalue weighted by Gasteiger charge is 2.24. The topological polar surface area (TPSA) is 37.4 Å². The number of hydrogen-bond donors (Lipinski definition) is 0. The number of benzene rings is 1. The Morgan fingerprint density at radius 2 is 1.90 bits per heavy atom. The predicted octanol–water partition coefficient (Wildman–Crippen LogP) is 3.66. The maximum absolute atomic E-state index is 12.6. The predicted molar refractivity (Wildman–Crippen MR) is 85.5 cm³/mol. The molecule has 1 aromatic carbocycles. The quantitative estimate of drug-likeness (QED) is 0.785. The lowest BCUT2D eigenvalue weighted by Gasteiger charge is -2.20. The summed E-state index contributed by atoms with van der Waals surface area (Å²) in [6.07, 6.45) is 0.690. The normalized spacial score (nSPS) is 11.6. The summed E-state index contributed by atoms with van der Waals surface area (Å²) >= 11 is 6.96. The number of halogens is 1. The molecule has 0 aliphatic heterocycles.